The van der Waals surface area contributed by atoms with E-state index < -0.39 is 11.7 Å². The Morgan fingerprint density at radius 3 is 2.24 bits per heavy atom. The molecule has 0 atom stereocenters. The molecule has 112 valence electrons. The van der Waals surface area contributed by atoms with E-state index in [4.69, 9.17) is 10.5 Å². The quantitative estimate of drug-likeness (QED) is 0.861. The predicted octanol–water partition coefficient (Wildman–Crippen LogP) is 4.20. The lowest BCUT2D eigenvalue weighted by atomic mass is 9.98. The van der Waals surface area contributed by atoms with Gasteiger partial charge in [0.05, 0.1) is 12.7 Å². The zero-order valence-electron chi connectivity index (χ0n) is 11.8. The highest BCUT2D eigenvalue weighted by molar-refractivity contribution is 5.56. The van der Waals surface area contributed by atoms with Gasteiger partial charge < -0.3 is 10.5 Å². The Morgan fingerprint density at radius 2 is 1.71 bits per heavy atom. The molecule has 2 aromatic carbocycles. The molecule has 0 amide bonds. The SMILES string of the molecule is COc1cc(N)c(C)c(Cc2ccc(C(F)(F)F)cc2)c1. The van der Waals surface area contributed by atoms with Gasteiger partial charge in [-0.1, -0.05) is 12.1 Å². The van der Waals surface area contributed by atoms with Gasteiger partial charge in [-0.25, -0.2) is 0 Å². The maximum Gasteiger partial charge on any atom is 0.416 e. The van der Waals surface area contributed by atoms with Gasteiger partial charge in [-0.3, -0.25) is 0 Å². The molecule has 0 aliphatic rings. The van der Waals surface area contributed by atoms with Gasteiger partial charge in [0.25, 0.3) is 0 Å². The van der Waals surface area contributed by atoms with Crippen LogP contribution in [0.25, 0.3) is 0 Å². The molecule has 0 aromatic heterocycles. The Labute approximate surface area is 121 Å². The summed E-state index contributed by atoms with van der Waals surface area (Å²) in [6.07, 6.45) is -3.81. The van der Waals surface area contributed by atoms with Crippen LogP contribution >= 0.6 is 0 Å². The lowest BCUT2D eigenvalue weighted by Crippen LogP contribution is -2.05. The second-order valence-corrected chi connectivity index (χ2v) is 4.87. The summed E-state index contributed by atoms with van der Waals surface area (Å²) in [6, 6.07) is 8.73. The Bertz CT molecular complexity index is 633. The molecule has 0 aliphatic carbocycles. The minimum Gasteiger partial charge on any atom is -0.497 e. The number of anilines is 1. The van der Waals surface area contributed by atoms with E-state index in [1.165, 1.54) is 12.1 Å². The van der Waals surface area contributed by atoms with Crippen molar-refractivity contribution in [2.75, 3.05) is 12.8 Å². The maximum absolute atomic E-state index is 12.5. The lowest BCUT2D eigenvalue weighted by molar-refractivity contribution is -0.137. The number of hydrogen-bond acceptors (Lipinski definition) is 2. The summed E-state index contributed by atoms with van der Waals surface area (Å²) in [4.78, 5) is 0. The average molecular weight is 295 g/mol. The summed E-state index contributed by atoms with van der Waals surface area (Å²) in [5.74, 6) is 0.639. The van der Waals surface area contributed by atoms with Crippen LogP contribution in [0.2, 0.25) is 0 Å². The second kappa shape index (κ2) is 5.68. The van der Waals surface area contributed by atoms with Gasteiger partial charge in [-0.15, -0.1) is 0 Å². The number of alkyl halides is 3. The van der Waals surface area contributed by atoms with Crippen LogP contribution in [-0.2, 0) is 12.6 Å². The third-order valence-corrected chi connectivity index (χ3v) is 3.44. The van der Waals surface area contributed by atoms with Crippen molar-refractivity contribution in [3.05, 3.63) is 58.7 Å². The third-order valence-electron chi connectivity index (χ3n) is 3.44. The van der Waals surface area contributed by atoms with Gasteiger partial charge in [-0.2, -0.15) is 13.2 Å². The summed E-state index contributed by atoms with van der Waals surface area (Å²) in [5, 5.41) is 0. The summed E-state index contributed by atoms with van der Waals surface area (Å²) >= 11 is 0. The first-order valence-corrected chi connectivity index (χ1v) is 6.40. The van der Waals surface area contributed by atoms with Crippen molar-refractivity contribution in [1.82, 2.24) is 0 Å². The highest BCUT2D eigenvalue weighted by atomic mass is 19.4. The molecule has 2 aromatic rings. The first kappa shape index (κ1) is 15.2. The molecule has 2 N–H and O–H groups in total. The largest absolute Gasteiger partial charge is 0.497 e. The number of ether oxygens (including phenoxy) is 1. The molecule has 0 spiro atoms. The number of halogens is 3. The average Bonchev–Trinajstić information content (AvgIpc) is 2.43. The fourth-order valence-electron chi connectivity index (χ4n) is 2.10. The molecule has 0 heterocycles. The molecule has 0 unspecified atom stereocenters. The first-order valence-electron chi connectivity index (χ1n) is 6.40. The molecule has 2 rings (SSSR count). The van der Waals surface area contributed by atoms with Gasteiger partial charge in [0.1, 0.15) is 5.75 Å². The van der Waals surface area contributed by atoms with Crippen molar-refractivity contribution in [3.8, 4) is 5.75 Å². The Hall–Kier alpha value is -2.17. The molecular formula is C16H16F3NO. The maximum atomic E-state index is 12.5. The highest BCUT2D eigenvalue weighted by Crippen LogP contribution is 2.30. The molecule has 5 heteroatoms. The van der Waals surface area contributed by atoms with Crippen LogP contribution in [0.3, 0.4) is 0 Å². The summed E-state index contributed by atoms with van der Waals surface area (Å²) in [6.45, 7) is 1.88. The summed E-state index contributed by atoms with van der Waals surface area (Å²) < 4.78 is 42.8. The van der Waals surface area contributed by atoms with Crippen LogP contribution < -0.4 is 10.5 Å². The zero-order valence-corrected chi connectivity index (χ0v) is 11.8. The van der Waals surface area contributed by atoms with Crippen molar-refractivity contribution in [3.63, 3.8) is 0 Å². The van der Waals surface area contributed by atoms with Gasteiger partial charge in [0, 0.05) is 11.8 Å². The highest BCUT2D eigenvalue weighted by Gasteiger charge is 2.29. The fourth-order valence-corrected chi connectivity index (χ4v) is 2.10. The number of nitrogen functional groups attached to an aromatic ring is 1. The molecule has 0 radical (unpaired) electrons. The Kier molecular flexibility index (Phi) is 4.11. The molecule has 0 bridgehead atoms. The van der Waals surface area contributed by atoms with Crippen LogP contribution in [0, 0.1) is 6.92 Å². The molecule has 21 heavy (non-hydrogen) atoms. The second-order valence-electron chi connectivity index (χ2n) is 4.87. The van der Waals surface area contributed by atoms with E-state index in [9.17, 15) is 13.2 Å². The minimum absolute atomic E-state index is 0.505. The monoisotopic (exact) mass is 295 g/mol. The van der Waals surface area contributed by atoms with Gasteiger partial charge in [0.2, 0.25) is 0 Å². The van der Waals surface area contributed by atoms with E-state index in [0.717, 1.165) is 28.8 Å². The smallest absolute Gasteiger partial charge is 0.416 e. The number of hydrogen-bond donors (Lipinski definition) is 1. The summed E-state index contributed by atoms with van der Waals surface area (Å²) in [5.41, 5.74) is 8.51. The molecule has 2 nitrogen and oxygen atoms in total. The lowest BCUT2D eigenvalue weighted by Gasteiger charge is -2.12. The van der Waals surface area contributed by atoms with Gasteiger partial charge in [0.15, 0.2) is 0 Å². The molecule has 0 aliphatic heterocycles. The number of rotatable bonds is 3. The third kappa shape index (κ3) is 3.48. The van der Waals surface area contributed by atoms with Crippen molar-refractivity contribution < 1.29 is 17.9 Å². The van der Waals surface area contributed by atoms with E-state index >= 15 is 0 Å². The zero-order chi connectivity index (χ0) is 15.6. The van der Waals surface area contributed by atoms with E-state index in [-0.39, 0.29) is 0 Å². The van der Waals surface area contributed by atoms with Crippen LogP contribution in [0.4, 0.5) is 18.9 Å². The van der Waals surface area contributed by atoms with E-state index in [2.05, 4.69) is 0 Å². The first-order chi connectivity index (χ1) is 9.81. The summed E-state index contributed by atoms with van der Waals surface area (Å²) in [7, 11) is 1.55. The molecule has 0 fully saturated rings. The normalized spacial score (nSPS) is 11.5. The minimum atomic E-state index is -4.31. The van der Waals surface area contributed by atoms with Gasteiger partial charge in [-0.05, 0) is 48.2 Å². The number of nitrogens with two attached hydrogens (primary N) is 1. The van der Waals surface area contributed by atoms with Crippen molar-refractivity contribution >= 4 is 5.69 Å². The fraction of sp³-hybridized carbons (Fsp3) is 0.250. The van der Waals surface area contributed by atoms with E-state index in [0.29, 0.717) is 17.9 Å². The van der Waals surface area contributed by atoms with Crippen LogP contribution in [0.15, 0.2) is 36.4 Å². The Balaban J connectivity index is 2.28. The van der Waals surface area contributed by atoms with Crippen molar-refractivity contribution in [2.24, 2.45) is 0 Å². The van der Waals surface area contributed by atoms with Crippen LogP contribution in [0.5, 0.6) is 5.75 Å². The van der Waals surface area contributed by atoms with E-state index in [1.54, 1.807) is 13.2 Å². The van der Waals surface area contributed by atoms with E-state index in [1.807, 2.05) is 13.0 Å². The van der Waals surface area contributed by atoms with Crippen LogP contribution in [-0.4, -0.2) is 7.11 Å². The number of methoxy groups -OCH3 is 1. The topological polar surface area (TPSA) is 35.2 Å². The molecular weight excluding hydrogens is 279 g/mol. The van der Waals surface area contributed by atoms with Crippen molar-refractivity contribution in [2.45, 2.75) is 19.5 Å². The van der Waals surface area contributed by atoms with Crippen molar-refractivity contribution in [1.29, 1.82) is 0 Å². The number of benzene rings is 2. The van der Waals surface area contributed by atoms with Crippen LogP contribution in [0.1, 0.15) is 22.3 Å². The predicted molar refractivity (Wildman–Crippen MR) is 76.4 cm³/mol. The van der Waals surface area contributed by atoms with Gasteiger partial charge >= 0.3 is 6.18 Å². The molecule has 0 saturated heterocycles. The molecule has 0 saturated carbocycles. The standard InChI is InChI=1S/C16H16F3NO/c1-10-12(8-14(21-2)9-15(10)20)7-11-3-5-13(6-4-11)16(17,18)19/h3-6,8-9H,7,20H2,1-2H3. The Morgan fingerprint density at radius 1 is 1.10 bits per heavy atom.